The van der Waals surface area contributed by atoms with E-state index in [2.05, 4.69) is 34.1 Å². The summed E-state index contributed by atoms with van der Waals surface area (Å²) >= 11 is 3.55. The number of halogens is 1. The normalized spacial score (nSPS) is 21.2. The Kier molecular flexibility index (Phi) is 3.60. The lowest BCUT2D eigenvalue weighted by Crippen LogP contribution is -2.10. The Labute approximate surface area is 99.0 Å². The van der Waals surface area contributed by atoms with E-state index in [-0.39, 0.29) is 6.10 Å². The minimum atomic E-state index is -0.226. The van der Waals surface area contributed by atoms with Gasteiger partial charge in [-0.3, -0.25) is 0 Å². The summed E-state index contributed by atoms with van der Waals surface area (Å²) in [6, 6.07) is 8.28. The lowest BCUT2D eigenvalue weighted by molar-refractivity contribution is 0.202. The molecule has 1 N–H and O–H groups in total. The largest absolute Gasteiger partial charge is 0.389 e. The topological polar surface area (TPSA) is 20.2 Å². The molecule has 1 atom stereocenters. The minimum Gasteiger partial charge on any atom is -0.389 e. The van der Waals surface area contributed by atoms with Crippen LogP contribution in [0.2, 0.25) is 0 Å². The number of hydrogen-bond donors (Lipinski definition) is 1. The Balaban J connectivity index is 2.12. The van der Waals surface area contributed by atoms with Crippen LogP contribution < -0.4 is 0 Å². The molecule has 1 unspecified atom stereocenters. The van der Waals surface area contributed by atoms with Gasteiger partial charge < -0.3 is 5.11 Å². The molecule has 0 radical (unpaired) electrons. The highest BCUT2D eigenvalue weighted by atomic mass is 79.9. The molecule has 0 spiro atoms. The standard InChI is InChI=1S/C13H15BrO/c14-13-7-2-1-5-11(13)8-10-4-3-6-12(15)9-10/h1-2,5,7,9,12,15H,3-4,6,8H2. The van der Waals surface area contributed by atoms with Crippen LogP contribution in [0, 0.1) is 0 Å². The van der Waals surface area contributed by atoms with Gasteiger partial charge in [-0.2, -0.15) is 0 Å². The van der Waals surface area contributed by atoms with Gasteiger partial charge in [0.2, 0.25) is 0 Å². The number of hydrogen-bond acceptors (Lipinski definition) is 1. The van der Waals surface area contributed by atoms with Crippen LogP contribution >= 0.6 is 15.9 Å². The van der Waals surface area contributed by atoms with Crippen molar-refractivity contribution >= 4 is 15.9 Å². The molecule has 2 heteroatoms. The van der Waals surface area contributed by atoms with Crippen molar-refractivity contribution in [3.05, 3.63) is 46.0 Å². The molecule has 0 saturated heterocycles. The molecule has 15 heavy (non-hydrogen) atoms. The quantitative estimate of drug-likeness (QED) is 0.813. The lowest BCUT2D eigenvalue weighted by Gasteiger charge is -2.17. The SMILES string of the molecule is OC1C=C(Cc2ccccc2Br)CCC1. The van der Waals surface area contributed by atoms with Gasteiger partial charge in [0.25, 0.3) is 0 Å². The van der Waals surface area contributed by atoms with Crippen molar-refractivity contribution in [3.8, 4) is 0 Å². The fraction of sp³-hybridized carbons (Fsp3) is 0.385. The van der Waals surface area contributed by atoms with E-state index in [4.69, 9.17) is 0 Å². The van der Waals surface area contributed by atoms with Crippen molar-refractivity contribution in [2.75, 3.05) is 0 Å². The maximum absolute atomic E-state index is 9.54. The Hall–Kier alpha value is -0.600. The van der Waals surface area contributed by atoms with Crippen molar-refractivity contribution in [1.29, 1.82) is 0 Å². The molecule has 0 heterocycles. The van der Waals surface area contributed by atoms with Gasteiger partial charge in [0.05, 0.1) is 6.10 Å². The smallest absolute Gasteiger partial charge is 0.0723 e. The summed E-state index contributed by atoms with van der Waals surface area (Å²) in [5.41, 5.74) is 2.67. The van der Waals surface area contributed by atoms with Crippen molar-refractivity contribution in [3.63, 3.8) is 0 Å². The highest BCUT2D eigenvalue weighted by Gasteiger charge is 2.11. The molecule has 0 fully saturated rings. The first-order valence-corrected chi connectivity index (χ1v) is 6.16. The summed E-state index contributed by atoms with van der Waals surface area (Å²) in [7, 11) is 0. The summed E-state index contributed by atoms with van der Waals surface area (Å²) in [6.45, 7) is 0. The molecule has 0 amide bonds. The first-order valence-electron chi connectivity index (χ1n) is 5.37. The molecule has 1 aliphatic carbocycles. The van der Waals surface area contributed by atoms with Crippen molar-refractivity contribution in [2.45, 2.75) is 31.8 Å². The van der Waals surface area contributed by atoms with E-state index >= 15 is 0 Å². The summed E-state index contributed by atoms with van der Waals surface area (Å²) in [4.78, 5) is 0. The molecule has 0 saturated carbocycles. The van der Waals surface area contributed by atoms with Crippen LogP contribution in [0.3, 0.4) is 0 Å². The van der Waals surface area contributed by atoms with Crippen molar-refractivity contribution < 1.29 is 5.11 Å². The molecule has 1 aromatic rings. The van der Waals surface area contributed by atoms with Crippen LogP contribution in [0.25, 0.3) is 0 Å². The molecule has 1 aromatic carbocycles. The zero-order chi connectivity index (χ0) is 10.7. The van der Waals surface area contributed by atoms with Crippen LogP contribution in [0.15, 0.2) is 40.4 Å². The summed E-state index contributed by atoms with van der Waals surface area (Å²) in [6.07, 6.45) is 5.90. The van der Waals surface area contributed by atoms with E-state index in [1.807, 2.05) is 12.1 Å². The number of aliphatic hydroxyl groups excluding tert-OH is 1. The first kappa shape index (κ1) is 10.9. The van der Waals surface area contributed by atoms with Gasteiger partial charge in [-0.25, -0.2) is 0 Å². The van der Waals surface area contributed by atoms with Crippen LogP contribution in [-0.2, 0) is 6.42 Å². The van der Waals surface area contributed by atoms with Gasteiger partial charge in [0.15, 0.2) is 0 Å². The Morgan fingerprint density at radius 3 is 2.87 bits per heavy atom. The lowest BCUT2D eigenvalue weighted by atomic mass is 9.93. The van der Waals surface area contributed by atoms with Gasteiger partial charge in [-0.1, -0.05) is 45.8 Å². The zero-order valence-electron chi connectivity index (χ0n) is 8.62. The fourth-order valence-corrected chi connectivity index (χ4v) is 2.44. The van der Waals surface area contributed by atoms with Gasteiger partial charge in [0.1, 0.15) is 0 Å². The third-order valence-corrected chi connectivity index (χ3v) is 3.57. The van der Waals surface area contributed by atoms with Crippen molar-refractivity contribution in [2.24, 2.45) is 0 Å². The number of benzene rings is 1. The Morgan fingerprint density at radius 2 is 2.13 bits per heavy atom. The van der Waals surface area contributed by atoms with Gasteiger partial charge >= 0.3 is 0 Å². The van der Waals surface area contributed by atoms with Crippen LogP contribution in [0.5, 0.6) is 0 Å². The first-order chi connectivity index (χ1) is 7.25. The van der Waals surface area contributed by atoms with E-state index in [0.717, 1.165) is 30.2 Å². The van der Waals surface area contributed by atoms with Gasteiger partial charge in [-0.05, 0) is 37.3 Å². The summed E-state index contributed by atoms with van der Waals surface area (Å²) in [5, 5.41) is 9.54. The van der Waals surface area contributed by atoms with Crippen LogP contribution in [0.4, 0.5) is 0 Å². The predicted octanol–water partition coefficient (Wildman–Crippen LogP) is 3.46. The molecular weight excluding hydrogens is 252 g/mol. The molecule has 0 bridgehead atoms. The monoisotopic (exact) mass is 266 g/mol. The molecule has 0 aromatic heterocycles. The third kappa shape index (κ3) is 2.93. The van der Waals surface area contributed by atoms with Crippen LogP contribution in [0.1, 0.15) is 24.8 Å². The van der Waals surface area contributed by atoms with E-state index < -0.39 is 0 Å². The minimum absolute atomic E-state index is 0.226. The summed E-state index contributed by atoms with van der Waals surface area (Å²) < 4.78 is 1.16. The van der Waals surface area contributed by atoms with Crippen molar-refractivity contribution in [1.82, 2.24) is 0 Å². The molecular formula is C13H15BrO. The molecule has 1 nitrogen and oxygen atoms in total. The Morgan fingerprint density at radius 1 is 1.33 bits per heavy atom. The van der Waals surface area contributed by atoms with Gasteiger partial charge in [-0.15, -0.1) is 0 Å². The number of aliphatic hydroxyl groups is 1. The van der Waals surface area contributed by atoms with E-state index in [9.17, 15) is 5.11 Å². The zero-order valence-corrected chi connectivity index (χ0v) is 10.2. The highest BCUT2D eigenvalue weighted by Crippen LogP contribution is 2.25. The van der Waals surface area contributed by atoms with E-state index in [1.54, 1.807) is 0 Å². The maximum Gasteiger partial charge on any atom is 0.0723 e. The van der Waals surface area contributed by atoms with Crippen LogP contribution in [-0.4, -0.2) is 11.2 Å². The molecule has 1 aliphatic rings. The number of allylic oxidation sites excluding steroid dienone is 1. The molecule has 0 aliphatic heterocycles. The second-order valence-corrected chi connectivity index (χ2v) is 4.91. The summed E-state index contributed by atoms with van der Waals surface area (Å²) in [5.74, 6) is 0. The van der Waals surface area contributed by atoms with E-state index in [0.29, 0.717) is 0 Å². The second kappa shape index (κ2) is 4.95. The predicted molar refractivity (Wildman–Crippen MR) is 65.8 cm³/mol. The Bertz CT molecular complexity index is 371. The second-order valence-electron chi connectivity index (χ2n) is 4.05. The highest BCUT2D eigenvalue weighted by molar-refractivity contribution is 9.10. The average molecular weight is 267 g/mol. The number of rotatable bonds is 2. The third-order valence-electron chi connectivity index (χ3n) is 2.80. The average Bonchev–Trinajstić information content (AvgIpc) is 2.22. The molecule has 2 rings (SSSR count). The maximum atomic E-state index is 9.54. The van der Waals surface area contributed by atoms with Gasteiger partial charge in [0, 0.05) is 4.47 Å². The fourth-order valence-electron chi connectivity index (χ4n) is 2.01. The van der Waals surface area contributed by atoms with E-state index in [1.165, 1.54) is 11.1 Å². The molecule has 80 valence electrons.